The zero-order chi connectivity index (χ0) is 33.3. The number of hydrogen-bond acceptors (Lipinski definition) is 10. The fraction of sp³-hybridized carbons (Fsp3) is 0.345. The lowest BCUT2D eigenvalue weighted by Gasteiger charge is -2.30. The molecule has 1 heterocycles. The minimum absolute atomic E-state index is 0.0822. The summed E-state index contributed by atoms with van der Waals surface area (Å²) in [6, 6.07) is 12.0. The number of carboxylic acids is 1. The number of aromatic amines is 1. The second-order valence-electron chi connectivity index (χ2n) is 10.6. The van der Waals surface area contributed by atoms with Crippen LogP contribution in [0, 0.1) is 5.92 Å². The summed E-state index contributed by atoms with van der Waals surface area (Å²) in [6.07, 6.45) is -3.49. The third-order valence-corrected chi connectivity index (χ3v) is 6.05. The number of H-pyrrole nitrogens is 1. The zero-order valence-electron chi connectivity index (χ0n) is 24.8. The summed E-state index contributed by atoms with van der Waals surface area (Å²) in [4.78, 5) is 78.3. The maximum Gasteiger partial charge on any atom is 0.439 e. The van der Waals surface area contributed by atoms with Gasteiger partial charge in [-0.2, -0.15) is 0 Å². The van der Waals surface area contributed by atoms with Crippen LogP contribution in [-0.4, -0.2) is 69.2 Å². The standard InChI is InChI=1S/C29H32ClN5O10/c1-16(36)43-23(26(40)35(13-12-30)20-7-5-6-19(14-20)32-27(41)44-29(2,3)4)21(15-22(37)38)25(39)31-18-10-8-17(9-11-18)24-33-28(42)45-34-24/h5-11,14,21,23H,12-13,15H2,1-4H3,(H,31,39)(H,32,41)(H,37,38)(H,33,34,42)/t21-,23-/m1/s1. The minimum atomic E-state index is -1.87. The molecule has 0 bridgehead atoms. The molecule has 0 radical (unpaired) electrons. The Bertz CT molecular complexity index is 1600. The molecule has 3 rings (SSSR count). The Morgan fingerprint density at radius 2 is 1.76 bits per heavy atom. The van der Waals surface area contributed by atoms with Gasteiger partial charge in [0.05, 0.1) is 12.3 Å². The van der Waals surface area contributed by atoms with Gasteiger partial charge in [-0.15, -0.1) is 11.6 Å². The number of rotatable bonds is 12. The monoisotopic (exact) mass is 645 g/mol. The summed E-state index contributed by atoms with van der Waals surface area (Å²) in [6.45, 7) is 5.97. The maximum absolute atomic E-state index is 13.9. The molecule has 0 saturated heterocycles. The summed E-state index contributed by atoms with van der Waals surface area (Å²) in [7, 11) is 0. The number of amides is 3. The zero-order valence-corrected chi connectivity index (χ0v) is 25.5. The van der Waals surface area contributed by atoms with Crippen LogP contribution in [0.2, 0.25) is 0 Å². The normalized spacial score (nSPS) is 12.4. The van der Waals surface area contributed by atoms with E-state index in [4.69, 9.17) is 21.1 Å². The van der Waals surface area contributed by atoms with Crippen LogP contribution < -0.4 is 21.3 Å². The van der Waals surface area contributed by atoms with E-state index in [0.717, 1.165) is 11.8 Å². The van der Waals surface area contributed by atoms with Crippen LogP contribution in [0.1, 0.15) is 34.1 Å². The average molecular weight is 646 g/mol. The highest BCUT2D eigenvalue weighted by Crippen LogP contribution is 2.26. The highest BCUT2D eigenvalue weighted by atomic mass is 35.5. The molecular formula is C29H32ClN5O10. The predicted octanol–water partition coefficient (Wildman–Crippen LogP) is 3.61. The van der Waals surface area contributed by atoms with Crippen LogP contribution >= 0.6 is 11.6 Å². The summed E-state index contributed by atoms with van der Waals surface area (Å²) < 4.78 is 15.0. The first-order valence-electron chi connectivity index (χ1n) is 13.5. The van der Waals surface area contributed by atoms with E-state index in [0.29, 0.717) is 5.56 Å². The van der Waals surface area contributed by atoms with Gasteiger partial charge in [0.15, 0.2) is 11.9 Å². The molecule has 15 nitrogen and oxygen atoms in total. The number of carbonyl (C=O) groups is 5. The molecule has 0 spiro atoms. The fourth-order valence-electron chi connectivity index (χ4n) is 4.09. The second-order valence-corrected chi connectivity index (χ2v) is 11.0. The van der Waals surface area contributed by atoms with E-state index >= 15 is 0 Å². The highest BCUT2D eigenvalue weighted by molar-refractivity contribution is 6.18. The molecule has 45 heavy (non-hydrogen) atoms. The van der Waals surface area contributed by atoms with E-state index in [1.807, 2.05) is 0 Å². The number of anilines is 3. The quantitative estimate of drug-likeness (QED) is 0.165. The van der Waals surface area contributed by atoms with Gasteiger partial charge < -0.3 is 24.8 Å². The Morgan fingerprint density at radius 1 is 1.07 bits per heavy atom. The lowest BCUT2D eigenvalue weighted by atomic mass is 9.95. The number of nitrogens with zero attached hydrogens (tertiary/aromatic N) is 2. The number of hydrogen-bond donors (Lipinski definition) is 4. The third-order valence-electron chi connectivity index (χ3n) is 5.88. The largest absolute Gasteiger partial charge is 0.481 e. The molecule has 3 aromatic rings. The van der Waals surface area contributed by atoms with Crippen molar-refractivity contribution in [3.63, 3.8) is 0 Å². The first-order chi connectivity index (χ1) is 21.2. The van der Waals surface area contributed by atoms with E-state index in [1.165, 1.54) is 42.5 Å². The summed E-state index contributed by atoms with van der Waals surface area (Å²) >= 11 is 5.99. The van der Waals surface area contributed by atoms with Gasteiger partial charge in [-0.1, -0.05) is 11.2 Å². The van der Waals surface area contributed by atoms with Gasteiger partial charge in [-0.3, -0.25) is 34.0 Å². The van der Waals surface area contributed by atoms with Gasteiger partial charge in [0.1, 0.15) is 5.60 Å². The van der Waals surface area contributed by atoms with Crippen molar-refractivity contribution in [2.24, 2.45) is 5.92 Å². The number of nitrogens with one attached hydrogen (secondary N) is 3. The number of aromatic nitrogens is 2. The van der Waals surface area contributed by atoms with Crippen LogP contribution in [0.4, 0.5) is 21.9 Å². The maximum atomic E-state index is 13.9. The van der Waals surface area contributed by atoms with E-state index in [2.05, 4.69) is 25.3 Å². The summed E-state index contributed by atoms with van der Waals surface area (Å²) in [5, 5.41) is 18.3. The highest BCUT2D eigenvalue weighted by Gasteiger charge is 2.41. The number of carbonyl (C=O) groups excluding carboxylic acids is 4. The Kier molecular flexibility index (Phi) is 11.4. The lowest BCUT2D eigenvalue weighted by Crippen LogP contribution is -2.49. The van der Waals surface area contributed by atoms with Crippen molar-refractivity contribution < 1.29 is 43.1 Å². The van der Waals surface area contributed by atoms with Gasteiger partial charge in [0.2, 0.25) is 5.91 Å². The van der Waals surface area contributed by atoms with E-state index in [9.17, 15) is 33.9 Å². The number of benzene rings is 2. The number of carboxylic acid groups (broad SMARTS) is 1. The van der Waals surface area contributed by atoms with Crippen molar-refractivity contribution in [1.82, 2.24) is 10.1 Å². The smallest absolute Gasteiger partial charge is 0.439 e. The van der Waals surface area contributed by atoms with Crippen molar-refractivity contribution in [2.45, 2.75) is 45.8 Å². The van der Waals surface area contributed by atoms with Crippen molar-refractivity contribution >= 4 is 58.5 Å². The van der Waals surface area contributed by atoms with Crippen molar-refractivity contribution in [1.29, 1.82) is 0 Å². The number of aliphatic carboxylic acids is 1. The molecule has 4 N–H and O–H groups in total. The minimum Gasteiger partial charge on any atom is -0.481 e. The third kappa shape index (κ3) is 10.2. The number of halogens is 1. The molecule has 1 aromatic heterocycles. The predicted molar refractivity (Wildman–Crippen MR) is 162 cm³/mol. The molecule has 0 aliphatic heterocycles. The van der Waals surface area contributed by atoms with Crippen molar-refractivity contribution in [3.8, 4) is 11.4 Å². The molecule has 2 aromatic carbocycles. The SMILES string of the molecule is CC(=O)O[C@@H](C(=O)N(CCCl)c1cccc(NC(=O)OC(C)(C)C)c1)[C@@H](CC(=O)O)C(=O)Nc1ccc(-c2noc(=O)[nH]2)cc1. The van der Waals surface area contributed by atoms with Crippen LogP contribution in [0.25, 0.3) is 11.4 Å². The molecule has 2 atom stereocenters. The number of alkyl halides is 1. The molecule has 0 aliphatic rings. The molecule has 0 saturated carbocycles. The fourth-order valence-corrected chi connectivity index (χ4v) is 4.26. The van der Waals surface area contributed by atoms with Gasteiger partial charge in [0.25, 0.3) is 5.91 Å². The Hall–Kier alpha value is -5.18. The molecule has 3 amide bonds. The van der Waals surface area contributed by atoms with Gasteiger partial charge >= 0.3 is 23.8 Å². The molecule has 16 heteroatoms. The average Bonchev–Trinajstić information content (AvgIpc) is 3.38. The molecule has 0 aliphatic carbocycles. The van der Waals surface area contributed by atoms with Crippen molar-refractivity contribution in [2.75, 3.05) is 28.0 Å². The van der Waals surface area contributed by atoms with E-state index in [1.54, 1.807) is 26.8 Å². The topological polar surface area (TPSA) is 210 Å². The van der Waals surface area contributed by atoms with Crippen LogP contribution in [-0.2, 0) is 28.7 Å². The number of esters is 1. The first kappa shape index (κ1) is 34.3. The van der Waals surface area contributed by atoms with Crippen LogP contribution in [0.15, 0.2) is 57.8 Å². The Labute approximate surface area is 261 Å². The van der Waals surface area contributed by atoms with Crippen molar-refractivity contribution in [3.05, 3.63) is 59.1 Å². The second kappa shape index (κ2) is 15.0. The number of ether oxygens (including phenoxy) is 2. The van der Waals surface area contributed by atoms with Gasteiger partial charge in [-0.05, 0) is 63.2 Å². The van der Waals surface area contributed by atoms with Gasteiger partial charge in [-0.25, -0.2) is 9.59 Å². The van der Waals surface area contributed by atoms with E-state index < -0.39 is 59.6 Å². The van der Waals surface area contributed by atoms with Crippen LogP contribution in [0.3, 0.4) is 0 Å². The van der Waals surface area contributed by atoms with E-state index in [-0.39, 0.29) is 35.3 Å². The van der Waals surface area contributed by atoms with Crippen LogP contribution in [0.5, 0.6) is 0 Å². The summed E-state index contributed by atoms with van der Waals surface area (Å²) in [5.74, 6) is -6.59. The Balaban J connectivity index is 1.91. The summed E-state index contributed by atoms with van der Waals surface area (Å²) in [5.41, 5.74) is 0.364. The molecule has 0 unspecified atom stereocenters. The molecule has 0 fully saturated rings. The van der Waals surface area contributed by atoms with Gasteiger partial charge in [0, 0.05) is 42.0 Å². The first-order valence-corrected chi connectivity index (χ1v) is 14.0. The Morgan fingerprint density at radius 3 is 2.31 bits per heavy atom. The lowest BCUT2D eigenvalue weighted by molar-refractivity contribution is -0.160. The molecular weight excluding hydrogens is 614 g/mol. The molecule has 240 valence electrons.